The van der Waals surface area contributed by atoms with E-state index in [0.717, 1.165) is 42.3 Å². The maximum Gasteiger partial charge on any atom is 0.305 e. The summed E-state index contributed by atoms with van der Waals surface area (Å²) in [4.78, 5) is 15.5. The molecule has 2 aromatic rings. The molecule has 0 radical (unpaired) electrons. The predicted molar refractivity (Wildman–Crippen MR) is 83.8 cm³/mol. The van der Waals surface area contributed by atoms with E-state index in [4.69, 9.17) is 11.6 Å². The molecule has 110 valence electrons. The summed E-state index contributed by atoms with van der Waals surface area (Å²) in [6, 6.07) is 7.48. The van der Waals surface area contributed by atoms with Gasteiger partial charge in [-0.05, 0) is 37.1 Å². The van der Waals surface area contributed by atoms with Crippen molar-refractivity contribution in [1.82, 2.24) is 4.98 Å². The highest BCUT2D eigenvalue weighted by Gasteiger charge is 2.36. The molecule has 0 spiro atoms. The second kappa shape index (κ2) is 5.53. The van der Waals surface area contributed by atoms with E-state index in [2.05, 4.69) is 10.3 Å². The van der Waals surface area contributed by atoms with E-state index in [9.17, 15) is 9.90 Å². The molecule has 0 unspecified atom stereocenters. The number of carbonyl (C=O) groups is 1. The maximum absolute atomic E-state index is 11.2. The average molecular weight is 305 g/mol. The molecule has 1 aromatic carbocycles. The van der Waals surface area contributed by atoms with Crippen LogP contribution in [0.5, 0.6) is 0 Å². The van der Waals surface area contributed by atoms with E-state index in [0.29, 0.717) is 5.02 Å². The van der Waals surface area contributed by atoms with Crippen LogP contribution in [0, 0.1) is 0 Å². The number of hydrogen-bond donors (Lipinski definition) is 2. The second-order valence-corrected chi connectivity index (χ2v) is 6.14. The molecule has 1 saturated carbocycles. The summed E-state index contributed by atoms with van der Waals surface area (Å²) in [6.07, 6.45) is 5.77. The Hall–Kier alpha value is -1.81. The molecule has 0 aliphatic heterocycles. The van der Waals surface area contributed by atoms with Crippen molar-refractivity contribution >= 4 is 34.2 Å². The Morgan fingerprint density at radius 3 is 2.81 bits per heavy atom. The number of nitrogens with one attached hydrogen (secondary N) is 1. The van der Waals surface area contributed by atoms with Crippen LogP contribution in [0.2, 0.25) is 5.02 Å². The third kappa shape index (κ3) is 2.95. The highest BCUT2D eigenvalue weighted by Crippen LogP contribution is 2.37. The topological polar surface area (TPSA) is 62.2 Å². The summed E-state index contributed by atoms with van der Waals surface area (Å²) in [6.45, 7) is 0. The highest BCUT2D eigenvalue weighted by atomic mass is 35.5. The van der Waals surface area contributed by atoms with Gasteiger partial charge in [0.25, 0.3) is 0 Å². The van der Waals surface area contributed by atoms with Crippen LogP contribution in [-0.4, -0.2) is 21.6 Å². The molecule has 2 N–H and O–H groups in total. The number of rotatable bonds is 4. The zero-order chi connectivity index (χ0) is 14.9. The Balaban J connectivity index is 1.98. The number of pyridine rings is 1. The van der Waals surface area contributed by atoms with Crippen molar-refractivity contribution in [2.24, 2.45) is 0 Å². The normalized spacial score (nSPS) is 17.0. The zero-order valence-electron chi connectivity index (χ0n) is 11.6. The van der Waals surface area contributed by atoms with Crippen LogP contribution in [0.4, 0.5) is 5.69 Å². The summed E-state index contributed by atoms with van der Waals surface area (Å²) in [7, 11) is 0. The van der Waals surface area contributed by atoms with Crippen LogP contribution in [0.1, 0.15) is 32.1 Å². The quantitative estimate of drug-likeness (QED) is 0.893. The predicted octanol–water partition coefficient (Wildman–Crippen LogP) is 4.09. The zero-order valence-corrected chi connectivity index (χ0v) is 12.4. The Kier molecular flexibility index (Phi) is 3.72. The van der Waals surface area contributed by atoms with Gasteiger partial charge >= 0.3 is 5.97 Å². The first kappa shape index (κ1) is 14.1. The molecule has 3 rings (SSSR count). The monoisotopic (exact) mass is 304 g/mol. The Bertz CT molecular complexity index is 681. The van der Waals surface area contributed by atoms with Gasteiger partial charge in [0.05, 0.1) is 11.9 Å². The minimum Gasteiger partial charge on any atom is -0.481 e. The number of halogens is 1. The van der Waals surface area contributed by atoms with Gasteiger partial charge in [-0.15, -0.1) is 0 Å². The van der Waals surface area contributed by atoms with E-state index in [-0.39, 0.29) is 12.0 Å². The van der Waals surface area contributed by atoms with Gasteiger partial charge in [0.2, 0.25) is 0 Å². The smallest absolute Gasteiger partial charge is 0.305 e. The molecule has 4 nitrogen and oxygen atoms in total. The van der Waals surface area contributed by atoms with E-state index in [1.54, 1.807) is 6.20 Å². The van der Waals surface area contributed by atoms with Gasteiger partial charge < -0.3 is 10.4 Å². The molecular weight excluding hydrogens is 288 g/mol. The van der Waals surface area contributed by atoms with Crippen molar-refractivity contribution in [3.05, 3.63) is 35.5 Å². The second-order valence-electron chi connectivity index (χ2n) is 5.70. The van der Waals surface area contributed by atoms with Gasteiger partial charge in [0.15, 0.2) is 0 Å². The van der Waals surface area contributed by atoms with Crippen LogP contribution >= 0.6 is 11.6 Å². The first-order chi connectivity index (χ1) is 10.1. The number of carboxylic acid groups (broad SMARTS) is 1. The van der Waals surface area contributed by atoms with Gasteiger partial charge in [0, 0.05) is 27.8 Å². The van der Waals surface area contributed by atoms with E-state index >= 15 is 0 Å². The highest BCUT2D eigenvalue weighted by molar-refractivity contribution is 6.31. The third-order valence-corrected chi connectivity index (χ3v) is 4.39. The molecule has 1 heterocycles. The van der Waals surface area contributed by atoms with Crippen LogP contribution in [0.15, 0.2) is 30.5 Å². The number of aliphatic carboxylic acids is 1. The first-order valence-corrected chi connectivity index (χ1v) is 7.50. The molecule has 21 heavy (non-hydrogen) atoms. The third-order valence-electron chi connectivity index (χ3n) is 4.15. The summed E-state index contributed by atoms with van der Waals surface area (Å²) >= 11 is 6.00. The number of carboxylic acids is 1. The van der Waals surface area contributed by atoms with Gasteiger partial charge in [-0.25, -0.2) is 0 Å². The lowest BCUT2D eigenvalue weighted by Gasteiger charge is -2.30. The number of fused-ring (bicyclic) bond motifs is 1. The molecule has 0 amide bonds. The lowest BCUT2D eigenvalue weighted by molar-refractivity contribution is -0.138. The Morgan fingerprint density at radius 1 is 1.33 bits per heavy atom. The largest absolute Gasteiger partial charge is 0.481 e. The first-order valence-electron chi connectivity index (χ1n) is 7.12. The van der Waals surface area contributed by atoms with E-state index in [1.807, 2.05) is 24.3 Å². The van der Waals surface area contributed by atoms with Gasteiger partial charge in [-0.2, -0.15) is 0 Å². The van der Waals surface area contributed by atoms with Crippen LogP contribution in [0.3, 0.4) is 0 Å². The number of benzene rings is 1. The molecule has 0 atom stereocenters. The lowest BCUT2D eigenvalue weighted by Crippen LogP contribution is -2.37. The fourth-order valence-corrected chi connectivity index (χ4v) is 3.37. The fraction of sp³-hybridized carbons (Fsp3) is 0.375. The average Bonchev–Trinajstić information content (AvgIpc) is 2.86. The molecule has 0 bridgehead atoms. The van der Waals surface area contributed by atoms with Crippen molar-refractivity contribution < 1.29 is 9.90 Å². The fourth-order valence-electron chi connectivity index (χ4n) is 3.20. The molecule has 0 saturated heterocycles. The molecule has 5 heteroatoms. The minimum absolute atomic E-state index is 0.143. The van der Waals surface area contributed by atoms with Crippen molar-refractivity contribution in [3.8, 4) is 0 Å². The summed E-state index contributed by atoms with van der Waals surface area (Å²) in [5, 5.41) is 14.3. The van der Waals surface area contributed by atoms with E-state index in [1.165, 1.54) is 0 Å². The molecule has 1 aromatic heterocycles. The van der Waals surface area contributed by atoms with Crippen molar-refractivity contribution in [3.63, 3.8) is 0 Å². The molecule has 1 aliphatic carbocycles. The Labute approximate surface area is 128 Å². The van der Waals surface area contributed by atoms with Crippen LogP contribution in [-0.2, 0) is 4.79 Å². The van der Waals surface area contributed by atoms with Gasteiger partial charge in [-0.3, -0.25) is 9.78 Å². The van der Waals surface area contributed by atoms with Gasteiger partial charge in [0.1, 0.15) is 0 Å². The number of anilines is 1. The molecular formula is C16H17ClN2O2. The van der Waals surface area contributed by atoms with Crippen LogP contribution < -0.4 is 5.32 Å². The van der Waals surface area contributed by atoms with Crippen LogP contribution in [0.25, 0.3) is 10.9 Å². The SMILES string of the molecule is O=C(O)CC1(Nc2ccnc3cc(Cl)ccc23)CCCC1. The number of nitrogens with zero attached hydrogens (tertiary/aromatic N) is 1. The maximum atomic E-state index is 11.2. The molecule has 1 fully saturated rings. The van der Waals surface area contributed by atoms with Gasteiger partial charge in [-0.1, -0.05) is 24.4 Å². The van der Waals surface area contributed by atoms with Crippen molar-refractivity contribution in [1.29, 1.82) is 0 Å². The Morgan fingerprint density at radius 2 is 2.10 bits per heavy atom. The summed E-state index contributed by atoms with van der Waals surface area (Å²) in [5.74, 6) is -0.759. The van der Waals surface area contributed by atoms with E-state index < -0.39 is 5.97 Å². The number of aromatic nitrogens is 1. The van der Waals surface area contributed by atoms with Crippen molar-refractivity contribution in [2.75, 3.05) is 5.32 Å². The molecule has 1 aliphatic rings. The standard InChI is InChI=1S/C16H17ClN2O2/c17-11-3-4-12-13(5-8-18-14(12)9-11)19-16(10-15(20)21)6-1-2-7-16/h3-5,8-9H,1-2,6-7,10H2,(H,18,19)(H,20,21). The minimum atomic E-state index is -0.759. The number of hydrogen-bond acceptors (Lipinski definition) is 3. The lowest BCUT2D eigenvalue weighted by atomic mass is 9.92. The summed E-state index contributed by atoms with van der Waals surface area (Å²) in [5.41, 5.74) is 1.40. The summed E-state index contributed by atoms with van der Waals surface area (Å²) < 4.78 is 0. The van der Waals surface area contributed by atoms with Crippen molar-refractivity contribution in [2.45, 2.75) is 37.6 Å².